The van der Waals surface area contributed by atoms with Gasteiger partial charge in [-0.25, -0.2) is 0 Å². The van der Waals surface area contributed by atoms with Crippen LogP contribution in [-0.2, 0) is 14.2 Å². The molecule has 0 aromatic heterocycles. The Bertz CT molecular complexity index is 385. The Hall–Kier alpha value is -0.900. The zero-order valence-electron chi connectivity index (χ0n) is 14.5. The normalized spacial score (nSPS) is 21.4. The largest absolute Gasteiger partial charge is 0.373 e. The lowest BCUT2D eigenvalue weighted by molar-refractivity contribution is -0.230. The average Bonchev–Trinajstić information content (AvgIpc) is 2.62. The summed E-state index contributed by atoms with van der Waals surface area (Å²) in [4.78, 5) is 0. The summed E-state index contributed by atoms with van der Waals surface area (Å²) in [6.07, 6.45) is 10.5. The number of hydrogen-bond donors (Lipinski definition) is 0. The summed E-state index contributed by atoms with van der Waals surface area (Å²) < 4.78 is 17.4. The molecule has 3 heteroatoms. The van der Waals surface area contributed by atoms with Gasteiger partial charge in [0.1, 0.15) is 6.10 Å². The smallest absolute Gasteiger partial charge is 0.184 e. The molecule has 0 unspecified atom stereocenters. The highest BCUT2D eigenvalue weighted by atomic mass is 16.7. The van der Waals surface area contributed by atoms with E-state index in [2.05, 4.69) is 6.92 Å². The average molecular weight is 320 g/mol. The van der Waals surface area contributed by atoms with Gasteiger partial charge in [-0.3, -0.25) is 0 Å². The predicted molar refractivity (Wildman–Crippen MR) is 93.4 cm³/mol. The summed E-state index contributed by atoms with van der Waals surface area (Å²) in [6.45, 7) is 4.33. The summed E-state index contributed by atoms with van der Waals surface area (Å²) >= 11 is 0. The number of unbranched alkanes of at least 4 members (excludes halogenated alkanes) is 7. The van der Waals surface area contributed by atoms with E-state index in [9.17, 15) is 0 Å². The van der Waals surface area contributed by atoms with Crippen molar-refractivity contribution < 1.29 is 14.2 Å². The fraction of sp³-hybridized carbons (Fsp3) is 0.700. The molecule has 1 heterocycles. The maximum Gasteiger partial charge on any atom is 0.184 e. The topological polar surface area (TPSA) is 27.7 Å². The second kappa shape index (κ2) is 11.6. The van der Waals surface area contributed by atoms with Crippen LogP contribution in [-0.4, -0.2) is 25.9 Å². The van der Waals surface area contributed by atoms with E-state index in [1.54, 1.807) is 0 Å². The summed E-state index contributed by atoms with van der Waals surface area (Å²) in [5.74, 6) is 0. The molecule has 1 aromatic rings. The lowest BCUT2D eigenvalue weighted by atomic mass is 10.1. The van der Waals surface area contributed by atoms with Gasteiger partial charge < -0.3 is 14.2 Å². The summed E-state index contributed by atoms with van der Waals surface area (Å²) in [5, 5.41) is 0. The molecule has 0 saturated carbocycles. The van der Waals surface area contributed by atoms with Gasteiger partial charge in [-0.1, -0.05) is 82.2 Å². The van der Waals surface area contributed by atoms with Crippen LogP contribution in [0.15, 0.2) is 30.3 Å². The van der Waals surface area contributed by atoms with E-state index in [0.29, 0.717) is 13.2 Å². The molecule has 0 aliphatic carbocycles. The molecule has 0 bridgehead atoms. The minimum atomic E-state index is -0.237. The third-order valence-electron chi connectivity index (χ3n) is 4.29. The van der Waals surface area contributed by atoms with E-state index in [1.165, 1.54) is 44.9 Å². The Kier molecular flexibility index (Phi) is 9.31. The van der Waals surface area contributed by atoms with Crippen molar-refractivity contribution >= 4 is 0 Å². The first-order chi connectivity index (χ1) is 11.4. The molecule has 1 aliphatic rings. The van der Waals surface area contributed by atoms with Crippen LogP contribution in [0.1, 0.15) is 70.1 Å². The van der Waals surface area contributed by atoms with Gasteiger partial charge in [0.25, 0.3) is 0 Å². The highest BCUT2D eigenvalue weighted by Crippen LogP contribution is 2.23. The molecule has 130 valence electrons. The zero-order valence-corrected chi connectivity index (χ0v) is 14.5. The molecule has 1 aliphatic heterocycles. The van der Waals surface area contributed by atoms with Crippen LogP contribution in [0.5, 0.6) is 0 Å². The zero-order chi connectivity index (χ0) is 16.2. The Balaban J connectivity index is 1.46. The molecule has 0 amide bonds. The van der Waals surface area contributed by atoms with E-state index in [-0.39, 0.29) is 12.4 Å². The van der Waals surface area contributed by atoms with Crippen LogP contribution in [0.4, 0.5) is 0 Å². The van der Waals surface area contributed by atoms with Crippen molar-refractivity contribution in [3.8, 4) is 0 Å². The van der Waals surface area contributed by atoms with Gasteiger partial charge in [0.2, 0.25) is 0 Å². The molecule has 1 fully saturated rings. The molecule has 23 heavy (non-hydrogen) atoms. The number of ether oxygens (including phenoxy) is 3. The Morgan fingerprint density at radius 3 is 2.13 bits per heavy atom. The van der Waals surface area contributed by atoms with E-state index in [4.69, 9.17) is 14.2 Å². The van der Waals surface area contributed by atoms with Crippen LogP contribution in [0.25, 0.3) is 0 Å². The van der Waals surface area contributed by atoms with E-state index in [0.717, 1.165) is 18.6 Å². The lowest BCUT2D eigenvalue weighted by Gasteiger charge is -2.29. The van der Waals surface area contributed by atoms with Gasteiger partial charge in [0.15, 0.2) is 6.29 Å². The molecule has 0 radical (unpaired) electrons. The van der Waals surface area contributed by atoms with Crippen LogP contribution in [0.2, 0.25) is 0 Å². The van der Waals surface area contributed by atoms with E-state index < -0.39 is 0 Å². The monoisotopic (exact) mass is 320 g/mol. The fourth-order valence-corrected chi connectivity index (χ4v) is 2.87. The van der Waals surface area contributed by atoms with Crippen molar-refractivity contribution in [3.05, 3.63) is 35.9 Å². The number of rotatable bonds is 11. The SMILES string of the molecule is CCCCCCCCCCOC1COC(c2ccccc2)OC1. The molecule has 1 aromatic carbocycles. The van der Waals surface area contributed by atoms with Gasteiger partial charge in [-0.15, -0.1) is 0 Å². The molecule has 0 spiro atoms. The van der Waals surface area contributed by atoms with Crippen molar-refractivity contribution in [2.45, 2.75) is 70.7 Å². The summed E-state index contributed by atoms with van der Waals surface area (Å²) in [7, 11) is 0. The lowest BCUT2D eigenvalue weighted by Crippen LogP contribution is -2.33. The molecular formula is C20H32O3. The minimum Gasteiger partial charge on any atom is -0.373 e. The molecule has 2 rings (SSSR count). The Morgan fingerprint density at radius 1 is 0.870 bits per heavy atom. The van der Waals surface area contributed by atoms with Crippen LogP contribution in [0, 0.1) is 0 Å². The first-order valence-corrected chi connectivity index (χ1v) is 9.30. The minimum absolute atomic E-state index is 0.0829. The van der Waals surface area contributed by atoms with Gasteiger partial charge in [0.05, 0.1) is 13.2 Å². The van der Waals surface area contributed by atoms with Crippen molar-refractivity contribution in [1.82, 2.24) is 0 Å². The van der Waals surface area contributed by atoms with E-state index >= 15 is 0 Å². The quantitative estimate of drug-likeness (QED) is 0.521. The molecule has 0 N–H and O–H groups in total. The molecule has 1 saturated heterocycles. The second-order valence-corrected chi connectivity index (χ2v) is 6.38. The second-order valence-electron chi connectivity index (χ2n) is 6.38. The van der Waals surface area contributed by atoms with Crippen LogP contribution >= 0.6 is 0 Å². The fourth-order valence-electron chi connectivity index (χ4n) is 2.87. The number of benzene rings is 1. The standard InChI is InChI=1S/C20H32O3/c1-2-3-4-5-6-7-8-12-15-21-19-16-22-20(23-17-19)18-13-10-9-11-14-18/h9-11,13-14,19-20H,2-8,12,15-17H2,1H3. The summed E-state index contributed by atoms with van der Waals surface area (Å²) in [5.41, 5.74) is 1.08. The Morgan fingerprint density at radius 2 is 1.48 bits per heavy atom. The van der Waals surface area contributed by atoms with Crippen molar-refractivity contribution in [2.24, 2.45) is 0 Å². The highest BCUT2D eigenvalue weighted by Gasteiger charge is 2.23. The van der Waals surface area contributed by atoms with Crippen molar-refractivity contribution in [2.75, 3.05) is 19.8 Å². The first kappa shape index (κ1) is 18.4. The first-order valence-electron chi connectivity index (χ1n) is 9.30. The van der Waals surface area contributed by atoms with Crippen molar-refractivity contribution in [1.29, 1.82) is 0 Å². The number of hydrogen-bond acceptors (Lipinski definition) is 3. The van der Waals surface area contributed by atoms with Crippen LogP contribution in [0.3, 0.4) is 0 Å². The van der Waals surface area contributed by atoms with Gasteiger partial charge in [-0.2, -0.15) is 0 Å². The molecular weight excluding hydrogens is 288 g/mol. The molecule has 0 atom stereocenters. The highest BCUT2D eigenvalue weighted by molar-refractivity contribution is 5.16. The third kappa shape index (κ3) is 7.47. The summed E-state index contributed by atoms with van der Waals surface area (Å²) in [6, 6.07) is 10.1. The van der Waals surface area contributed by atoms with E-state index in [1.807, 2.05) is 30.3 Å². The maximum absolute atomic E-state index is 5.86. The van der Waals surface area contributed by atoms with Crippen molar-refractivity contribution in [3.63, 3.8) is 0 Å². The Labute approximate surface area is 141 Å². The van der Waals surface area contributed by atoms with Gasteiger partial charge >= 0.3 is 0 Å². The predicted octanol–water partition coefficient (Wildman–Crippen LogP) is 5.26. The third-order valence-corrected chi connectivity index (χ3v) is 4.29. The van der Waals surface area contributed by atoms with Gasteiger partial charge in [-0.05, 0) is 6.42 Å². The maximum atomic E-state index is 5.86. The molecule has 3 nitrogen and oxygen atoms in total. The van der Waals surface area contributed by atoms with Gasteiger partial charge in [0, 0.05) is 12.2 Å². The van der Waals surface area contributed by atoms with Crippen LogP contribution < -0.4 is 0 Å².